The number of nitrogens with one attached hydrogen (secondary N) is 1. The molecule has 7 nitrogen and oxygen atoms in total. The minimum absolute atomic E-state index is 0.0468. The van der Waals surface area contributed by atoms with Crippen molar-refractivity contribution in [2.24, 2.45) is 0 Å². The average Bonchev–Trinajstić information content (AvgIpc) is 3.10. The van der Waals surface area contributed by atoms with Crippen molar-refractivity contribution in [1.82, 2.24) is 9.55 Å². The topological polar surface area (TPSA) is 90.1 Å². The third-order valence-electron chi connectivity index (χ3n) is 3.60. The number of rotatable bonds is 5. The van der Waals surface area contributed by atoms with E-state index < -0.39 is 4.92 Å². The molecule has 0 aliphatic rings. The number of Topliss-reactive ketones (excluding diaryl/α,β-unsaturated/α-hetero) is 1. The first-order valence-electron chi connectivity index (χ1n) is 7.30. The fraction of sp³-hybridized carbons (Fsp3) is 0.0588. The molecule has 0 unspecified atom stereocenters. The van der Waals surface area contributed by atoms with E-state index in [2.05, 4.69) is 10.3 Å². The summed E-state index contributed by atoms with van der Waals surface area (Å²) in [4.78, 5) is 27.1. The molecule has 0 aliphatic carbocycles. The van der Waals surface area contributed by atoms with E-state index in [1.807, 2.05) is 22.6 Å². The van der Waals surface area contributed by atoms with Gasteiger partial charge in [0.25, 0.3) is 5.69 Å². The minimum atomic E-state index is -0.447. The highest BCUT2D eigenvalue weighted by Gasteiger charge is 2.19. The maximum Gasteiger partial charge on any atom is 0.293 e. The van der Waals surface area contributed by atoms with Gasteiger partial charge >= 0.3 is 0 Å². The van der Waals surface area contributed by atoms with Gasteiger partial charge in [-0.3, -0.25) is 14.9 Å². The summed E-state index contributed by atoms with van der Waals surface area (Å²) in [6.45, 7) is 1.46. The van der Waals surface area contributed by atoms with Crippen molar-refractivity contribution in [2.75, 3.05) is 5.32 Å². The van der Waals surface area contributed by atoms with Crippen LogP contribution in [0.15, 0.2) is 55.1 Å². The summed E-state index contributed by atoms with van der Waals surface area (Å²) in [5, 5.41) is 14.4. The van der Waals surface area contributed by atoms with Gasteiger partial charge in [0.1, 0.15) is 5.69 Å². The highest BCUT2D eigenvalue weighted by atomic mass is 127. The molecule has 8 heteroatoms. The van der Waals surface area contributed by atoms with E-state index in [1.165, 1.54) is 13.0 Å². The van der Waals surface area contributed by atoms with E-state index in [-0.39, 0.29) is 11.5 Å². The number of ketones is 1. The lowest BCUT2D eigenvalue weighted by Crippen LogP contribution is -2.07. The van der Waals surface area contributed by atoms with Crippen LogP contribution in [0.5, 0.6) is 0 Å². The molecule has 0 saturated heterocycles. The molecule has 1 N–H and O–H groups in total. The molecule has 0 aliphatic heterocycles. The second kappa shape index (κ2) is 7.01. The summed E-state index contributed by atoms with van der Waals surface area (Å²) in [5.41, 5.74) is 1.88. The molecule has 0 saturated carbocycles. The number of nitro benzene ring substituents is 1. The summed E-state index contributed by atoms with van der Waals surface area (Å²) >= 11 is 2.02. The summed E-state index contributed by atoms with van der Waals surface area (Å²) in [5.74, 6) is -0.153. The fourth-order valence-electron chi connectivity index (χ4n) is 2.54. The molecular formula is C17H13IN4O3. The zero-order valence-electron chi connectivity index (χ0n) is 13.1. The molecule has 0 radical (unpaired) electrons. The Hall–Kier alpha value is -2.75. The number of nitro groups is 1. The highest BCUT2D eigenvalue weighted by Crippen LogP contribution is 2.32. The van der Waals surface area contributed by atoms with E-state index in [0.29, 0.717) is 22.6 Å². The van der Waals surface area contributed by atoms with Gasteiger partial charge in [-0.05, 0) is 53.8 Å². The van der Waals surface area contributed by atoms with Gasteiger partial charge in [-0.2, -0.15) is 0 Å². The number of hydrogen-bond acceptors (Lipinski definition) is 5. The van der Waals surface area contributed by atoms with Crippen LogP contribution in [-0.4, -0.2) is 20.3 Å². The maximum absolute atomic E-state index is 12.2. The quantitative estimate of drug-likeness (QED) is 0.272. The number of imidazole rings is 1. The zero-order valence-corrected chi connectivity index (χ0v) is 15.3. The van der Waals surface area contributed by atoms with E-state index in [4.69, 9.17) is 0 Å². The van der Waals surface area contributed by atoms with Crippen molar-refractivity contribution in [2.45, 2.75) is 6.92 Å². The third kappa shape index (κ3) is 3.53. The molecule has 0 amide bonds. The number of carbonyl (C=O) groups excluding carboxylic acids is 1. The summed E-state index contributed by atoms with van der Waals surface area (Å²) in [6, 6.07) is 10.2. The number of benzene rings is 2. The Labute approximate surface area is 157 Å². The van der Waals surface area contributed by atoms with Crippen molar-refractivity contribution in [1.29, 1.82) is 0 Å². The van der Waals surface area contributed by atoms with Gasteiger partial charge in [-0.1, -0.05) is 6.07 Å². The lowest BCUT2D eigenvalue weighted by atomic mass is 10.1. The van der Waals surface area contributed by atoms with E-state index >= 15 is 0 Å². The van der Waals surface area contributed by atoms with Crippen molar-refractivity contribution < 1.29 is 9.72 Å². The first kappa shape index (κ1) is 17.1. The predicted octanol–water partition coefficient (Wildman–Crippen LogP) is 4.33. The SMILES string of the molecule is CC(=O)c1c(Nc2ccc(I)cc2[N+](=O)[O-])cccc1-n1ccnc1. The Morgan fingerprint density at radius 3 is 2.72 bits per heavy atom. The van der Waals surface area contributed by atoms with Gasteiger partial charge < -0.3 is 9.88 Å². The van der Waals surface area contributed by atoms with Crippen LogP contribution < -0.4 is 5.32 Å². The van der Waals surface area contributed by atoms with Gasteiger partial charge in [0, 0.05) is 22.0 Å². The van der Waals surface area contributed by atoms with Gasteiger partial charge in [0.05, 0.1) is 28.2 Å². The van der Waals surface area contributed by atoms with Crippen LogP contribution in [-0.2, 0) is 0 Å². The molecule has 126 valence electrons. The molecule has 3 aromatic rings. The van der Waals surface area contributed by atoms with Gasteiger partial charge in [-0.15, -0.1) is 0 Å². The van der Waals surface area contributed by atoms with Crippen LogP contribution in [0.2, 0.25) is 0 Å². The van der Waals surface area contributed by atoms with Gasteiger partial charge in [0.2, 0.25) is 0 Å². The van der Waals surface area contributed by atoms with Crippen LogP contribution in [0.4, 0.5) is 17.1 Å². The first-order valence-corrected chi connectivity index (χ1v) is 8.38. The average molecular weight is 448 g/mol. The normalized spacial score (nSPS) is 10.5. The molecule has 1 heterocycles. The van der Waals surface area contributed by atoms with Crippen LogP contribution in [0.3, 0.4) is 0 Å². The standard InChI is InChI=1S/C17H13IN4O3/c1-11(23)17-14(3-2-4-15(17)21-8-7-19-10-21)20-13-6-5-12(18)9-16(13)22(24)25/h2-10,20H,1H3. The number of halogens is 1. The first-order chi connectivity index (χ1) is 12.0. The van der Waals surface area contributed by atoms with Crippen LogP contribution in [0.25, 0.3) is 5.69 Å². The molecule has 3 rings (SSSR count). The third-order valence-corrected chi connectivity index (χ3v) is 4.27. The summed E-state index contributed by atoms with van der Waals surface area (Å²) < 4.78 is 2.48. The molecule has 0 spiro atoms. The van der Waals surface area contributed by atoms with E-state index in [1.54, 1.807) is 53.6 Å². The Morgan fingerprint density at radius 2 is 2.08 bits per heavy atom. The minimum Gasteiger partial charge on any atom is -0.349 e. The van der Waals surface area contributed by atoms with Crippen LogP contribution in [0.1, 0.15) is 17.3 Å². The molecule has 0 bridgehead atoms. The van der Waals surface area contributed by atoms with Crippen molar-refractivity contribution in [3.8, 4) is 5.69 Å². The number of carbonyl (C=O) groups is 1. The molecule has 1 aromatic heterocycles. The van der Waals surface area contributed by atoms with Crippen molar-refractivity contribution >= 4 is 45.4 Å². The number of hydrogen-bond donors (Lipinski definition) is 1. The number of anilines is 2. The second-order valence-corrected chi connectivity index (χ2v) is 6.52. The number of nitrogens with zero attached hydrogens (tertiary/aromatic N) is 3. The van der Waals surface area contributed by atoms with Gasteiger partial charge in [0.15, 0.2) is 5.78 Å². The molecule has 0 atom stereocenters. The lowest BCUT2D eigenvalue weighted by Gasteiger charge is -2.15. The fourth-order valence-corrected chi connectivity index (χ4v) is 3.01. The Bertz CT molecular complexity index is 955. The molecule has 25 heavy (non-hydrogen) atoms. The molecular weight excluding hydrogens is 435 g/mol. The Balaban J connectivity index is 2.12. The maximum atomic E-state index is 12.2. The van der Waals surface area contributed by atoms with Crippen molar-refractivity contribution in [3.63, 3.8) is 0 Å². The summed E-state index contributed by atoms with van der Waals surface area (Å²) in [7, 11) is 0. The zero-order chi connectivity index (χ0) is 18.0. The largest absolute Gasteiger partial charge is 0.349 e. The second-order valence-electron chi connectivity index (χ2n) is 5.27. The molecule has 2 aromatic carbocycles. The highest BCUT2D eigenvalue weighted by molar-refractivity contribution is 14.1. The van der Waals surface area contributed by atoms with E-state index in [0.717, 1.165) is 3.57 Å². The van der Waals surface area contributed by atoms with Crippen LogP contribution >= 0.6 is 22.6 Å². The molecule has 0 fully saturated rings. The van der Waals surface area contributed by atoms with E-state index in [9.17, 15) is 14.9 Å². The lowest BCUT2D eigenvalue weighted by molar-refractivity contribution is -0.384. The summed E-state index contributed by atoms with van der Waals surface area (Å²) in [6.07, 6.45) is 4.95. The van der Waals surface area contributed by atoms with Crippen molar-refractivity contribution in [3.05, 3.63) is 74.4 Å². The Kier molecular flexibility index (Phi) is 4.79. The number of aromatic nitrogens is 2. The monoisotopic (exact) mass is 448 g/mol. The van der Waals surface area contributed by atoms with Crippen LogP contribution in [0, 0.1) is 13.7 Å². The predicted molar refractivity (Wildman–Crippen MR) is 103 cm³/mol. The Morgan fingerprint density at radius 1 is 1.28 bits per heavy atom. The smallest absolute Gasteiger partial charge is 0.293 e. The van der Waals surface area contributed by atoms with Gasteiger partial charge in [-0.25, -0.2) is 4.98 Å².